The van der Waals surface area contributed by atoms with E-state index in [1.54, 1.807) is 24.4 Å². The van der Waals surface area contributed by atoms with Gasteiger partial charge in [-0.15, -0.1) is 0 Å². The van der Waals surface area contributed by atoms with Crippen molar-refractivity contribution in [2.24, 2.45) is 11.3 Å². The number of hydrogen-bond acceptors (Lipinski definition) is 6. The molecule has 1 aromatic carbocycles. The van der Waals surface area contributed by atoms with Gasteiger partial charge in [-0.25, -0.2) is 14.4 Å². The number of ether oxygens (including phenoxy) is 1. The van der Waals surface area contributed by atoms with Crippen molar-refractivity contribution in [3.63, 3.8) is 0 Å². The molecule has 1 aliphatic carbocycles. The first-order valence-corrected chi connectivity index (χ1v) is 16.4. The van der Waals surface area contributed by atoms with E-state index in [1.165, 1.54) is 36.2 Å². The second kappa shape index (κ2) is 13.6. The molecule has 1 fully saturated rings. The molecule has 240 valence electrons. The summed E-state index contributed by atoms with van der Waals surface area (Å²) in [4.78, 5) is 29.8. The number of carbonyl (C=O) groups is 1. The summed E-state index contributed by atoms with van der Waals surface area (Å²) in [6.45, 7) is 16.3. The number of rotatable bonds is 13. The summed E-state index contributed by atoms with van der Waals surface area (Å²) in [7, 11) is 3.94. The van der Waals surface area contributed by atoms with Crippen LogP contribution in [0.4, 0.5) is 4.39 Å². The van der Waals surface area contributed by atoms with Crippen LogP contribution in [0.2, 0.25) is 0 Å². The van der Waals surface area contributed by atoms with E-state index in [9.17, 15) is 9.18 Å². The summed E-state index contributed by atoms with van der Waals surface area (Å²) in [5, 5.41) is 0. The Morgan fingerprint density at radius 2 is 1.95 bits per heavy atom. The van der Waals surface area contributed by atoms with Crippen LogP contribution in [0, 0.1) is 17.2 Å². The van der Waals surface area contributed by atoms with E-state index in [0.717, 1.165) is 63.1 Å². The molecule has 1 spiro atoms. The van der Waals surface area contributed by atoms with Crippen molar-refractivity contribution in [1.29, 1.82) is 0 Å². The van der Waals surface area contributed by atoms with Gasteiger partial charge < -0.3 is 19.1 Å². The molecule has 3 heterocycles. The fourth-order valence-corrected chi connectivity index (χ4v) is 7.67. The maximum atomic E-state index is 14.6. The van der Waals surface area contributed by atoms with E-state index in [0.29, 0.717) is 29.8 Å². The summed E-state index contributed by atoms with van der Waals surface area (Å²) in [5.74, 6) is 0.0395. The molecule has 8 nitrogen and oxygen atoms in total. The van der Waals surface area contributed by atoms with Gasteiger partial charge in [0.1, 0.15) is 12.1 Å². The van der Waals surface area contributed by atoms with Gasteiger partial charge in [0.25, 0.3) is 5.91 Å². The summed E-state index contributed by atoms with van der Waals surface area (Å²) < 4.78 is 22.0. The molecule has 1 aliphatic heterocycles. The van der Waals surface area contributed by atoms with Crippen LogP contribution in [-0.2, 0) is 17.6 Å². The van der Waals surface area contributed by atoms with Crippen molar-refractivity contribution in [2.45, 2.75) is 78.8 Å². The Hall–Kier alpha value is -2.88. The molecular weight excluding hydrogens is 555 g/mol. The number of carbonyl (C=O) groups excluding carboxylic acids is 1. The van der Waals surface area contributed by atoms with Gasteiger partial charge in [-0.2, -0.15) is 0 Å². The lowest BCUT2D eigenvalue weighted by Gasteiger charge is -2.56. The maximum Gasteiger partial charge on any atom is 0.256 e. The zero-order chi connectivity index (χ0) is 31.6. The molecule has 2 aliphatic rings. The number of methoxy groups -OCH3 is 1. The molecule has 0 bridgehead atoms. The van der Waals surface area contributed by atoms with Crippen molar-refractivity contribution < 1.29 is 13.9 Å². The van der Waals surface area contributed by atoms with Crippen LogP contribution in [-0.4, -0.2) is 101 Å². The number of hydrogen-bond donors (Lipinski definition) is 0. The largest absolute Gasteiger partial charge is 0.383 e. The second-order valence-corrected chi connectivity index (χ2v) is 13.7. The first kappa shape index (κ1) is 32.5. The lowest BCUT2D eigenvalue weighted by Crippen LogP contribution is -2.62. The van der Waals surface area contributed by atoms with Crippen molar-refractivity contribution in [3.8, 4) is 5.69 Å². The molecule has 5 rings (SSSR count). The van der Waals surface area contributed by atoms with Gasteiger partial charge in [-0.05, 0) is 90.6 Å². The summed E-state index contributed by atoms with van der Waals surface area (Å²) >= 11 is 0. The quantitative estimate of drug-likeness (QED) is 0.252. The molecule has 1 saturated heterocycles. The van der Waals surface area contributed by atoms with Crippen LogP contribution < -0.4 is 0 Å². The number of amides is 1. The topological polar surface area (TPSA) is 66.7 Å². The third-order valence-corrected chi connectivity index (χ3v) is 9.97. The number of fused-ring (bicyclic) bond motifs is 3. The van der Waals surface area contributed by atoms with Crippen LogP contribution >= 0.6 is 0 Å². The Morgan fingerprint density at radius 3 is 2.64 bits per heavy atom. The Morgan fingerprint density at radius 1 is 1.18 bits per heavy atom. The fourth-order valence-electron chi connectivity index (χ4n) is 7.67. The molecular formula is C35H51FN6O2. The van der Waals surface area contributed by atoms with Crippen LogP contribution in [0.3, 0.4) is 0 Å². The molecule has 1 amide bonds. The van der Waals surface area contributed by atoms with Gasteiger partial charge in [0, 0.05) is 62.0 Å². The monoisotopic (exact) mass is 606 g/mol. The van der Waals surface area contributed by atoms with Gasteiger partial charge in [0.05, 0.1) is 35.1 Å². The number of aromatic nitrogens is 3. The van der Waals surface area contributed by atoms with E-state index in [-0.39, 0.29) is 17.4 Å². The Kier molecular flexibility index (Phi) is 10.1. The molecule has 1 atom stereocenters. The molecule has 9 heteroatoms. The minimum atomic E-state index is -0.409. The first-order chi connectivity index (χ1) is 21.1. The number of nitrogens with zero attached hydrogens (tertiary/aromatic N) is 6. The van der Waals surface area contributed by atoms with Crippen molar-refractivity contribution in [1.82, 2.24) is 29.2 Å². The average Bonchev–Trinajstić information content (AvgIpc) is 3.30. The SMILES string of the molecule is CCN(C(=O)c1cc(F)ccc1-n1c2c(c3ncncc31)CC1(CC2)CN(C(CCCN(C)CCOC)C(C)C)C1)C(C)C. The highest BCUT2D eigenvalue weighted by atomic mass is 19.1. The number of benzene rings is 1. The average molecular weight is 607 g/mol. The molecule has 2 aromatic heterocycles. The third-order valence-electron chi connectivity index (χ3n) is 9.97. The number of likely N-dealkylation sites (tertiary alicyclic amines) is 1. The highest BCUT2D eigenvalue weighted by molar-refractivity contribution is 5.99. The smallest absolute Gasteiger partial charge is 0.256 e. The van der Waals surface area contributed by atoms with Crippen molar-refractivity contribution >= 4 is 16.9 Å². The van der Waals surface area contributed by atoms with Gasteiger partial charge in [-0.1, -0.05) is 13.8 Å². The van der Waals surface area contributed by atoms with E-state index in [4.69, 9.17) is 9.72 Å². The minimum Gasteiger partial charge on any atom is -0.383 e. The number of halogens is 1. The lowest BCUT2D eigenvalue weighted by atomic mass is 9.67. The zero-order valence-electron chi connectivity index (χ0n) is 27.8. The maximum absolute atomic E-state index is 14.6. The Labute approximate surface area is 262 Å². The second-order valence-electron chi connectivity index (χ2n) is 13.7. The van der Waals surface area contributed by atoms with Crippen LogP contribution in [0.25, 0.3) is 16.7 Å². The molecule has 1 unspecified atom stereocenters. The van der Waals surface area contributed by atoms with E-state index >= 15 is 0 Å². The molecule has 0 radical (unpaired) electrons. The first-order valence-electron chi connectivity index (χ1n) is 16.4. The number of likely N-dealkylation sites (N-methyl/N-ethyl adjacent to an activating group) is 1. The Bertz CT molecular complexity index is 1450. The van der Waals surface area contributed by atoms with Crippen molar-refractivity contribution in [3.05, 3.63) is 53.4 Å². The molecule has 3 aromatic rings. The summed E-state index contributed by atoms with van der Waals surface area (Å²) in [6, 6.07) is 5.18. The highest BCUT2D eigenvalue weighted by Crippen LogP contribution is 2.47. The van der Waals surface area contributed by atoms with E-state index in [2.05, 4.69) is 40.2 Å². The van der Waals surface area contributed by atoms with E-state index in [1.807, 2.05) is 27.0 Å². The van der Waals surface area contributed by atoms with E-state index < -0.39 is 5.82 Å². The molecule has 44 heavy (non-hydrogen) atoms. The zero-order valence-corrected chi connectivity index (χ0v) is 27.8. The summed E-state index contributed by atoms with van der Waals surface area (Å²) in [6.07, 6.45) is 8.79. The normalized spacial score (nSPS) is 17.1. The third kappa shape index (κ3) is 6.42. The van der Waals surface area contributed by atoms with Gasteiger partial charge in [0.15, 0.2) is 0 Å². The molecule has 0 N–H and O–H groups in total. The lowest BCUT2D eigenvalue weighted by molar-refractivity contribution is -0.0557. The van der Waals surface area contributed by atoms with Crippen LogP contribution in [0.1, 0.15) is 75.5 Å². The standard InChI is InChI=1S/C35H51FN6O2/c1-8-41(25(4)5)34(43)27-18-26(36)11-12-30(27)42-31-13-14-35(19-28(31)33-32(42)20-37-23-38-33)21-40(22-35)29(24(2)3)10-9-15-39(6)16-17-44-7/h11-12,18,20,23-25,29H,8-10,13-17,19,21-22H2,1-7H3. The predicted molar refractivity (Wildman–Crippen MR) is 174 cm³/mol. The summed E-state index contributed by atoms with van der Waals surface area (Å²) in [5.41, 5.74) is 5.59. The van der Waals surface area contributed by atoms with Crippen LogP contribution in [0.5, 0.6) is 0 Å². The van der Waals surface area contributed by atoms with Gasteiger partial charge in [0.2, 0.25) is 0 Å². The van der Waals surface area contributed by atoms with Crippen LogP contribution in [0.15, 0.2) is 30.7 Å². The highest BCUT2D eigenvalue weighted by Gasteiger charge is 2.48. The Balaban J connectivity index is 1.40. The van der Waals surface area contributed by atoms with Gasteiger partial charge in [-0.3, -0.25) is 9.69 Å². The predicted octanol–water partition coefficient (Wildman–Crippen LogP) is 5.60. The minimum absolute atomic E-state index is 0.00919. The fraction of sp³-hybridized carbons (Fsp3) is 0.629. The van der Waals surface area contributed by atoms with Crippen molar-refractivity contribution in [2.75, 3.05) is 53.5 Å². The van der Waals surface area contributed by atoms with Gasteiger partial charge >= 0.3 is 0 Å². The molecule has 0 saturated carbocycles.